The van der Waals surface area contributed by atoms with Crippen LogP contribution in [0.4, 0.5) is 0 Å². The second-order valence-corrected chi connectivity index (χ2v) is 6.23. The predicted molar refractivity (Wildman–Crippen MR) is 89.5 cm³/mol. The minimum Gasteiger partial charge on any atom is -0.508 e. The molecule has 0 atom stereocenters. The normalized spacial score (nSPS) is 15.1. The first-order valence-electron chi connectivity index (χ1n) is 8.08. The predicted octanol–water partition coefficient (Wildman–Crippen LogP) is 4.75. The molecule has 0 bridgehead atoms. The Morgan fingerprint density at radius 2 is 2.14 bits per heavy atom. The van der Waals surface area contributed by atoms with Crippen molar-refractivity contribution in [2.45, 2.75) is 52.5 Å². The molecule has 1 aliphatic rings. The molecule has 0 radical (unpaired) electrons. The largest absolute Gasteiger partial charge is 0.508 e. The van der Waals surface area contributed by atoms with Crippen LogP contribution in [0.2, 0.25) is 0 Å². The molecule has 3 rings (SSSR count). The number of benzene rings is 1. The van der Waals surface area contributed by atoms with E-state index in [1.54, 1.807) is 19.1 Å². The lowest BCUT2D eigenvalue weighted by atomic mass is 9.97. The molecular formula is C19H23NO2. The molecule has 0 fully saturated rings. The van der Waals surface area contributed by atoms with E-state index in [1.807, 2.05) is 13.0 Å². The average molecular weight is 297 g/mol. The Morgan fingerprint density at radius 1 is 1.32 bits per heavy atom. The lowest BCUT2D eigenvalue weighted by Gasteiger charge is -2.14. The van der Waals surface area contributed by atoms with Crippen molar-refractivity contribution >= 4 is 16.7 Å². The number of aromatic hydroxyl groups is 1. The van der Waals surface area contributed by atoms with Gasteiger partial charge in [-0.05, 0) is 64.2 Å². The van der Waals surface area contributed by atoms with Gasteiger partial charge in [-0.2, -0.15) is 0 Å². The molecule has 0 saturated heterocycles. The molecular weight excluding hydrogens is 274 g/mol. The van der Waals surface area contributed by atoms with Crippen molar-refractivity contribution in [3.05, 3.63) is 41.1 Å². The summed E-state index contributed by atoms with van der Waals surface area (Å²) in [5.41, 5.74) is 4.32. The van der Waals surface area contributed by atoms with Crippen molar-refractivity contribution < 1.29 is 9.90 Å². The Balaban J connectivity index is 1.99. The Morgan fingerprint density at radius 3 is 2.82 bits per heavy atom. The average Bonchev–Trinajstić information content (AvgIpc) is 2.77. The molecule has 0 amide bonds. The van der Waals surface area contributed by atoms with Gasteiger partial charge in [-0.25, -0.2) is 0 Å². The summed E-state index contributed by atoms with van der Waals surface area (Å²) in [5, 5.41) is 10.6. The van der Waals surface area contributed by atoms with Gasteiger partial charge >= 0.3 is 0 Å². The number of hydrogen-bond donors (Lipinski definition) is 1. The first-order chi connectivity index (χ1) is 10.6. The molecule has 1 aromatic heterocycles. The molecule has 3 nitrogen and oxygen atoms in total. The molecule has 0 saturated carbocycles. The number of aryl methyl sites for hydroxylation is 1. The zero-order valence-electron chi connectivity index (χ0n) is 13.4. The summed E-state index contributed by atoms with van der Waals surface area (Å²) in [6.45, 7) is 4.50. The lowest BCUT2D eigenvalue weighted by Crippen LogP contribution is -2.04. The molecule has 0 aliphatic heterocycles. The number of carbonyl (C=O) groups is 1. The van der Waals surface area contributed by atoms with Gasteiger partial charge in [0, 0.05) is 28.7 Å². The minimum absolute atomic E-state index is 0.0590. The number of ketones is 1. The molecule has 2 aromatic rings. The fourth-order valence-electron chi connectivity index (χ4n) is 3.59. The van der Waals surface area contributed by atoms with Crippen LogP contribution in [0.3, 0.4) is 0 Å². The van der Waals surface area contributed by atoms with Crippen LogP contribution in [0.5, 0.6) is 5.75 Å². The van der Waals surface area contributed by atoms with Crippen molar-refractivity contribution in [1.29, 1.82) is 0 Å². The maximum atomic E-state index is 12.0. The van der Waals surface area contributed by atoms with Crippen molar-refractivity contribution in [1.82, 2.24) is 4.57 Å². The minimum atomic E-state index is 0.0590. The number of Topliss-reactive ketones (excluding diaryl/α,β-unsaturated/α-hetero) is 1. The van der Waals surface area contributed by atoms with Crippen molar-refractivity contribution in [3.63, 3.8) is 0 Å². The van der Waals surface area contributed by atoms with Crippen molar-refractivity contribution in [3.8, 4) is 5.75 Å². The van der Waals surface area contributed by atoms with E-state index >= 15 is 0 Å². The van der Waals surface area contributed by atoms with Crippen molar-refractivity contribution in [2.24, 2.45) is 0 Å². The van der Waals surface area contributed by atoms with E-state index in [4.69, 9.17) is 0 Å². The molecule has 1 aliphatic carbocycles. The maximum Gasteiger partial charge on any atom is 0.162 e. The van der Waals surface area contributed by atoms with Gasteiger partial charge in [0.05, 0.1) is 0 Å². The van der Waals surface area contributed by atoms with Gasteiger partial charge in [-0.1, -0.05) is 11.6 Å². The second kappa shape index (κ2) is 5.99. The van der Waals surface area contributed by atoms with E-state index in [0.717, 1.165) is 35.1 Å². The fourth-order valence-corrected chi connectivity index (χ4v) is 3.59. The highest BCUT2D eigenvalue weighted by atomic mass is 16.3. The van der Waals surface area contributed by atoms with Crippen LogP contribution in [0.1, 0.15) is 55.1 Å². The Kier molecular flexibility index (Phi) is 4.06. The third-order valence-corrected chi connectivity index (χ3v) is 4.70. The first-order valence-corrected chi connectivity index (χ1v) is 8.08. The van der Waals surface area contributed by atoms with Crippen LogP contribution in [-0.4, -0.2) is 15.5 Å². The van der Waals surface area contributed by atoms with Crippen LogP contribution < -0.4 is 0 Å². The van der Waals surface area contributed by atoms with Gasteiger partial charge in [0.15, 0.2) is 5.78 Å². The summed E-state index contributed by atoms with van der Waals surface area (Å²) in [7, 11) is 0. The Labute approximate surface area is 131 Å². The first kappa shape index (κ1) is 14.9. The van der Waals surface area contributed by atoms with E-state index in [0.29, 0.717) is 0 Å². The molecule has 3 heteroatoms. The van der Waals surface area contributed by atoms with Crippen LogP contribution in [0, 0.1) is 6.92 Å². The summed E-state index contributed by atoms with van der Waals surface area (Å²) in [5.74, 6) is 0.269. The van der Waals surface area contributed by atoms with E-state index in [-0.39, 0.29) is 11.5 Å². The maximum absolute atomic E-state index is 12.0. The van der Waals surface area contributed by atoms with Crippen LogP contribution in [-0.2, 0) is 6.54 Å². The molecule has 0 unspecified atom stereocenters. The Bertz CT molecular complexity index is 752. The Hall–Kier alpha value is -2.03. The zero-order chi connectivity index (χ0) is 15.7. The van der Waals surface area contributed by atoms with Crippen LogP contribution >= 0.6 is 0 Å². The molecule has 1 N–H and O–H groups in total. The number of nitrogens with zero attached hydrogens (tertiary/aromatic N) is 1. The number of hydrogen-bond acceptors (Lipinski definition) is 2. The van der Waals surface area contributed by atoms with Gasteiger partial charge in [-0.15, -0.1) is 0 Å². The quantitative estimate of drug-likeness (QED) is 0.653. The van der Waals surface area contributed by atoms with Crippen LogP contribution in [0.25, 0.3) is 10.9 Å². The molecule has 1 aromatic carbocycles. The number of rotatable bonds is 4. The number of phenols is 1. The van der Waals surface area contributed by atoms with Crippen LogP contribution in [0.15, 0.2) is 29.8 Å². The summed E-state index contributed by atoms with van der Waals surface area (Å²) in [6.07, 6.45) is 8.43. The molecule has 22 heavy (non-hydrogen) atoms. The number of carbonyl (C=O) groups excluding carboxylic acids is 1. The fraction of sp³-hybridized carbons (Fsp3) is 0.421. The summed E-state index contributed by atoms with van der Waals surface area (Å²) < 4.78 is 2.22. The van der Waals surface area contributed by atoms with Gasteiger partial charge < -0.3 is 9.67 Å². The van der Waals surface area contributed by atoms with Gasteiger partial charge in [0.25, 0.3) is 0 Å². The number of phenolic OH excluding ortho intramolecular Hbond substituents is 1. The van der Waals surface area contributed by atoms with E-state index in [1.165, 1.54) is 31.3 Å². The number of fused-ring (bicyclic) bond motifs is 1. The highest BCUT2D eigenvalue weighted by molar-refractivity contribution is 6.08. The van der Waals surface area contributed by atoms with E-state index in [2.05, 4.69) is 10.6 Å². The summed E-state index contributed by atoms with van der Waals surface area (Å²) >= 11 is 0. The molecule has 0 spiro atoms. The smallest absolute Gasteiger partial charge is 0.162 e. The summed E-state index contributed by atoms with van der Waals surface area (Å²) in [6, 6.07) is 5.32. The van der Waals surface area contributed by atoms with E-state index < -0.39 is 0 Å². The highest BCUT2D eigenvalue weighted by Crippen LogP contribution is 2.30. The van der Waals surface area contributed by atoms with Crippen molar-refractivity contribution in [2.75, 3.05) is 0 Å². The molecule has 1 heterocycles. The standard InChI is InChI=1S/C19H23NO2/c1-13-19(14(2)21)17-12-16(22)8-9-18(17)20(13)11-10-15-6-4-3-5-7-15/h6,8-9,12,22H,3-5,7,10-11H2,1-2H3. The summed E-state index contributed by atoms with van der Waals surface area (Å²) in [4.78, 5) is 12.0. The number of allylic oxidation sites excluding steroid dienone is 2. The van der Waals surface area contributed by atoms with Gasteiger partial charge in [0.1, 0.15) is 5.75 Å². The SMILES string of the molecule is CC(=O)c1c(C)n(CCC2=CCCCC2)c2ccc(O)cc12. The number of aromatic nitrogens is 1. The zero-order valence-corrected chi connectivity index (χ0v) is 13.4. The second-order valence-electron chi connectivity index (χ2n) is 6.23. The lowest BCUT2D eigenvalue weighted by molar-refractivity contribution is 0.101. The van der Waals surface area contributed by atoms with Gasteiger partial charge in [-0.3, -0.25) is 4.79 Å². The third kappa shape index (κ3) is 2.68. The highest BCUT2D eigenvalue weighted by Gasteiger charge is 2.18. The monoisotopic (exact) mass is 297 g/mol. The van der Waals surface area contributed by atoms with Gasteiger partial charge in [0.2, 0.25) is 0 Å². The molecule has 116 valence electrons. The topological polar surface area (TPSA) is 42.2 Å². The van der Waals surface area contributed by atoms with E-state index in [9.17, 15) is 9.90 Å². The third-order valence-electron chi connectivity index (χ3n) is 4.70.